The van der Waals surface area contributed by atoms with E-state index in [1.165, 1.54) is 22.6 Å². The van der Waals surface area contributed by atoms with Crippen LogP contribution in [0.4, 0.5) is 4.39 Å². The van der Waals surface area contributed by atoms with Gasteiger partial charge in [-0.2, -0.15) is 0 Å². The number of halogens is 1. The lowest BCUT2D eigenvalue weighted by Crippen LogP contribution is -3.13. The summed E-state index contributed by atoms with van der Waals surface area (Å²) < 4.78 is 23.7. The largest absolute Gasteiger partial charge is 0.454 e. The number of carbonyl (C=O) groups excluding carboxylic acids is 1. The molecule has 2 aliphatic rings. The van der Waals surface area contributed by atoms with Gasteiger partial charge in [0.2, 0.25) is 12.7 Å². The molecular weight excluding hydrogens is 335 g/mol. The minimum Gasteiger partial charge on any atom is -0.454 e. The van der Waals surface area contributed by atoms with Crippen LogP contribution in [0.3, 0.4) is 0 Å². The third-order valence-electron chi connectivity index (χ3n) is 4.98. The van der Waals surface area contributed by atoms with Crippen LogP contribution in [-0.4, -0.2) is 43.8 Å². The van der Waals surface area contributed by atoms with Crippen LogP contribution in [0.15, 0.2) is 42.5 Å². The molecule has 1 saturated heterocycles. The van der Waals surface area contributed by atoms with Gasteiger partial charge in [0.15, 0.2) is 11.5 Å². The van der Waals surface area contributed by atoms with Crippen molar-refractivity contribution in [1.29, 1.82) is 0 Å². The zero-order valence-corrected chi connectivity index (χ0v) is 14.5. The number of ether oxygens (including phenoxy) is 2. The summed E-state index contributed by atoms with van der Waals surface area (Å²) in [5.41, 5.74) is 2.07. The number of nitrogens with one attached hydrogen (secondary N) is 1. The molecule has 1 fully saturated rings. The molecule has 0 unspecified atom stereocenters. The van der Waals surface area contributed by atoms with E-state index in [0.29, 0.717) is 13.2 Å². The molecule has 2 heterocycles. The average molecular weight is 357 g/mol. The smallest absolute Gasteiger partial charge is 0.231 e. The van der Waals surface area contributed by atoms with Crippen LogP contribution >= 0.6 is 0 Å². The molecule has 2 aliphatic heterocycles. The van der Waals surface area contributed by atoms with Gasteiger partial charge in [-0.25, -0.2) is 4.39 Å². The predicted molar refractivity (Wildman–Crippen MR) is 93.6 cm³/mol. The number of carbonyl (C=O) groups is 1. The number of rotatable bonds is 4. The molecule has 0 aliphatic carbocycles. The van der Waals surface area contributed by atoms with E-state index in [4.69, 9.17) is 9.47 Å². The summed E-state index contributed by atoms with van der Waals surface area (Å²) in [5, 5.41) is 0. The highest BCUT2D eigenvalue weighted by Gasteiger charge is 2.24. The lowest BCUT2D eigenvalue weighted by molar-refractivity contribution is -0.917. The summed E-state index contributed by atoms with van der Waals surface area (Å²) in [5.74, 6) is 1.45. The average Bonchev–Trinajstić information content (AvgIpc) is 3.12. The highest BCUT2D eigenvalue weighted by atomic mass is 19.1. The van der Waals surface area contributed by atoms with Crippen LogP contribution in [0.25, 0.3) is 0 Å². The minimum absolute atomic E-state index is 0.110. The van der Waals surface area contributed by atoms with Crippen molar-refractivity contribution in [3.63, 3.8) is 0 Å². The monoisotopic (exact) mass is 357 g/mol. The van der Waals surface area contributed by atoms with Crippen LogP contribution in [0.5, 0.6) is 11.5 Å². The van der Waals surface area contributed by atoms with Crippen molar-refractivity contribution in [2.24, 2.45) is 0 Å². The number of hydrogen-bond donors (Lipinski definition) is 1. The van der Waals surface area contributed by atoms with Crippen LogP contribution in [0, 0.1) is 5.82 Å². The first kappa shape index (κ1) is 16.8. The summed E-state index contributed by atoms with van der Waals surface area (Å²) in [6.45, 7) is 4.55. The van der Waals surface area contributed by atoms with Gasteiger partial charge in [0.1, 0.15) is 12.4 Å². The molecular formula is C20H22FN2O3+. The third-order valence-corrected chi connectivity index (χ3v) is 4.98. The standard InChI is InChI=1S/C20H21FN2O3/c21-17-4-1-15(2-5-17)12-20(24)23-9-7-22(8-10-23)13-16-3-6-18-19(11-16)26-14-25-18/h1-6,11H,7-10,12-14H2/p+1. The van der Waals surface area contributed by atoms with Crippen molar-refractivity contribution in [1.82, 2.24) is 4.90 Å². The maximum absolute atomic E-state index is 13.0. The molecule has 2 aromatic carbocycles. The van der Waals surface area contributed by atoms with E-state index in [9.17, 15) is 9.18 Å². The molecule has 0 bridgehead atoms. The number of benzene rings is 2. The topological polar surface area (TPSA) is 43.2 Å². The quantitative estimate of drug-likeness (QED) is 0.889. The first-order chi connectivity index (χ1) is 12.7. The Bertz CT molecular complexity index is 786. The van der Waals surface area contributed by atoms with E-state index >= 15 is 0 Å². The predicted octanol–water partition coefficient (Wildman–Crippen LogP) is 1.02. The minimum atomic E-state index is -0.276. The Morgan fingerprint density at radius 3 is 2.46 bits per heavy atom. The molecule has 0 saturated carbocycles. The van der Waals surface area contributed by atoms with Crippen molar-refractivity contribution in [3.05, 3.63) is 59.4 Å². The number of quaternary nitrogens is 1. The molecule has 0 radical (unpaired) electrons. The molecule has 0 atom stereocenters. The zero-order valence-electron chi connectivity index (χ0n) is 14.5. The van der Waals surface area contributed by atoms with Crippen LogP contribution < -0.4 is 14.4 Å². The SMILES string of the molecule is O=C(Cc1ccc(F)cc1)N1CC[NH+](Cc2ccc3c(c2)OCO3)CC1. The lowest BCUT2D eigenvalue weighted by atomic mass is 10.1. The molecule has 2 aromatic rings. The summed E-state index contributed by atoms with van der Waals surface area (Å²) in [4.78, 5) is 15.8. The molecule has 4 rings (SSSR count). The Labute approximate surface area is 151 Å². The molecule has 6 heteroatoms. The second-order valence-corrected chi connectivity index (χ2v) is 6.80. The van der Waals surface area contributed by atoms with Gasteiger partial charge in [0, 0.05) is 5.56 Å². The number of piperazine rings is 1. The fourth-order valence-electron chi connectivity index (χ4n) is 3.48. The Kier molecular flexibility index (Phi) is 4.75. The normalized spacial score (nSPS) is 16.7. The molecule has 136 valence electrons. The molecule has 26 heavy (non-hydrogen) atoms. The van der Waals surface area contributed by atoms with E-state index < -0.39 is 0 Å². The van der Waals surface area contributed by atoms with Crippen molar-refractivity contribution >= 4 is 5.91 Å². The number of fused-ring (bicyclic) bond motifs is 1. The molecule has 1 N–H and O–H groups in total. The Morgan fingerprint density at radius 2 is 1.69 bits per heavy atom. The van der Waals surface area contributed by atoms with Crippen molar-refractivity contribution in [2.45, 2.75) is 13.0 Å². The zero-order chi connectivity index (χ0) is 17.9. The van der Waals surface area contributed by atoms with Gasteiger partial charge < -0.3 is 19.3 Å². The Balaban J connectivity index is 1.28. The fraction of sp³-hybridized carbons (Fsp3) is 0.350. The van der Waals surface area contributed by atoms with Gasteiger partial charge in [-0.05, 0) is 35.9 Å². The number of amides is 1. The summed E-state index contributed by atoms with van der Waals surface area (Å²) in [7, 11) is 0. The number of nitrogens with zero attached hydrogens (tertiary/aromatic N) is 1. The van der Waals surface area contributed by atoms with Crippen LogP contribution in [0.1, 0.15) is 11.1 Å². The lowest BCUT2D eigenvalue weighted by Gasteiger charge is -2.32. The van der Waals surface area contributed by atoms with Crippen LogP contribution in [0.2, 0.25) is 0 Å². The van der Waals surface area contributed by atoms with Crippen LogP contribution in [-0.2, 0) is 17.8 Å². The molecule has 5 nitrogen and oxygen atoms in total. The molecule has 1 amide bonds. The summed E-state index contributed by atoms with van der Waals surface area (Å²) in [6.07, 6.45) is 0.331. The van der Waals surface area contributed by atoms with Gasteiger partial charge in [-0.1, -0.05) is 12.1 Å². The summed E-state index contributed by atoms with van der Waals surface area (Å²) >= 11 is 0. The second kappa shape index (κ2) is 7.33. The highest BCUT2D eigenvalue weighted by Crippen LogP contribution is 2.32. The first-order valence-electron chi connectivity index (χ1n) is 8.92. The summed E-state index contributed by atoms with van der Waals surface area (Å²) in [6, 6.07) is 12.2. The van der Waals surface area contributed by atoms with E-state index in [1.54, 1.807) is 12.1 Å². The third kappa shape index (κ3) is 3.80. The Hall–Kier alpha value is -2.60. The highest BCUT2D eigenvalue weighted by molar-refractivity contribution is 5.78. The van der Waals surface area contributed by atoms with Crippen molar-refractivity contribution < 1.29 is 23.6 Å². The molecule has 0 spiro atoms. The number of hydrogen-bond acceptors (Lipinski definition) is 3. The maximum Gasteiger partial charge on any atom is 0.231 e. The maximum atomic E-state index is 13.0. The van der Waals surface area contributed by atoms with Gasteiger partial charge in [-0.15, -0.1) is 0 Å². The van der Waals surface area contributed by atoms with E-state index in [-0.39, 0.29) is 11.7 Å². The van der Waals surface area contributed by atoms with E-state index in [1.807, 2.05) is 17.0 Å². The van der Waals surface area contributed by atoms with E-state index in [0.717, 1.165) is 49.8 Å². The first-order valence-corrected chi connectivity index (χ1v) is 8.92. The second-order valence-electron chi connectivity index (χ2n) is 6.80. The van der Waals surface area contributed by atoms with Gasteiger partial charge in [0.05, 0.1) is 32.6 Å². The molecule has 0 aromatic heterocycles. The Morgan fingerprint density at radius 1 is 1.00 bits per heavy atom. The van der Waals surface area contributed by atoms with Gasteiger partial charge in [-0.3, -0.25) is 4.79 Å². The van der Waals surface area contributed by atoms with Crippen molar-refractivity contribution in [2.75, 3.05) is 33.0 Å². The van der Waals surface area contributed by atoms with Gasteiger partial charge >= 0.3 is 0 Å². The van der Waals surface area contributed by atoms with Crippen molar-refractivity contribution in [3.8, 4) is 11.5 Å². The fourth-order valence-corrected chi connectivity index (χ4v) is 3.48. The van der Waals surface area contributed by atoms with E-state index in [2.05, 4.69) is 6.07 Å². The van der Waals surface area contributed by atoms with Gasteiger partial charge in [0.25, 0.3) is 0 Å².